The van der Waals surface area contributed by atoms with E-state index in [0.717, 1.165) is 22.2 Å². The smallest absolute Gasteiger partial charge is 0.419 e. The molecule has 3 heterocycles. The Balaban J connectivity index is 1.62. The maximum atomic E-state index is 12.5. The number of benzene rings is 2. The lowest BCUT2D eigenvalue weighted by molar-refractivity contribution is -0.144. The van der Waals surface area contributed by atoms with Crippen molar-refractivity contribution < 1.29 is 19.1 Å². The number of carbonyl (C=O) groups excluding carboxylic acids is 2. The van der Waals surface area contributed by atoms with Crippen LogP contribution >= 0.6 is 0 Å². The molecular formula is C24H23N3O5. The molecule has 2 aromatic carbocycles. The summed E-state index contributed by atoms with van der Waals surface area (Å²) in [7, 11) is 0. The van der Waals surface area contributed by atoms with Crippen molar-refractivity contribution in [3.05, 3.63) is 58.4 Å². The van der Waals surface area contributed by atoms with Gasteiger partial charge in [0, 0.05) is 23.0 Å². The minimum atomic E-state index is -0.696. The Morgan fingerprint density at radius 1 is 1.19 bits per heavy atom. The van der Waals surface area contributed by atoms with Crippen LogP contribution < -0.4 is 15.8 Å². The van der Waals surface area contributed by atoms with Crippen LogP contribution in [0.25, 0.3) is 22.0 Å². The van der Waals surface area contributed by atoms with E-state index in [1.54, 1.807) is 11.8 Å². The van der Waals surface area contributed by atoms with Crippen LogP contribution in [0.1, 0.15) is 32.3 Å². The van der Waals surface area contributed by atoms with Crippen molar-refractivity contribution in [3.63, 3.8) is 0 Å². The van der Waals surface area contributed by atoms with Crippen molar-refractivity contribution in [2.75, 3.05) is 23.4 Å². The number of cyclic esters (lactones) is 1. The molecule has 2 N–H and O–H groups in total. The molecule has 2 aliphatic heterocycles. The van der Waals surface area contributed by atoms with Gasteiger partial charge in [-0.1, -0.05) is 18.2 Å². The van der Waals surface area contributed by atoms with Gasteiger partial charge in [0.2, 0.25) is 0 Å². The summed E-state index contributed by atoms with van der Waals surface area (Å²) in [5, 5.41) is 3.85. The fraction of sp³-hybridized carbons (Fsp3) is 0.292. The van der Waals surface area contributed by atoms with E-state index in [9.17, 15) is 14.4 Å². The molecule has 8 nitrogen and oxygen atoms in total. The van der Waals surface area contributed by atoms with Crippen LogP contribution in [-0.4, -0.2) is 35.9 Å². The summed E-state index contributed by atoms with van der Waals surface area (Å²) in [5.74, 6) is -0.899. The number of H-pyrrole nitrogens is 1. The number of amides is 1. The molecule has 0 aliphatic carbocycles. The summed E-state index contributed by atoms with van der Waals surface area (Å²) in [6, 6.07) is 13.3. The predicted octanol–water partition coefficient (Wildman–Crippen LogP) is 3.96. The average molecular weight is 433 g/mol. The largest absolute Gasteiger partial charge is 0.465 e. The van der Waals surface area contributed by atoms with Crippen LogP contribution in [0.5, 0.6) is 0 Å². The number of carbonyl (C=O) groups is 2. The van der Waals surface area contributed by atoms with Gasteiger partial charge in [0.15, 0.2) is 5.72 Å². The number of ether oxygens (including phenoxy) is 2. The fourth-order valence-electron chi connectivity index (χ4n) is 4.51. The van der Waals surface area contributed by atoms with Crippen molar-refractivity contribution in [1.29, 1.82) is 0 Å². The van der Waals surface area contributed by atoms with Crippen molar-refractivity contribution in [2.24, 2.45) is 0 Å². The molecule has 32 heavy (non-hydrogen) atoms. The highest BCUT2D eigenvalue weighted by atomic mass is 16.6. The molecule has 0 bridgehead atoms. The number of esters is 1. The number of nitrogens with zero attached hydrogens (tertiary/aromatic N) is 1. The van der Waals surface area contributed by atoms with E-state index < -0.39 is 11.6 Å². The van der Waals surface area contributed by atoms with E-state index in [0.29, 0.717) is 23.3 Å². The van der Waals surface area contributed by atoms with Gasteiger partial charge in [0.1, 0.15) is 11.6 Å². The van der Waals surface area contributed by atoms with Crippen molar-refractivity contribution in [2.45, 2.75) is 32.4 Å². The van der Waals surface area contributed by atoms with Crippen LogP contribution in [0.2, 0.25) is 0 Å². The maximum absolute atomic E-state index is 12.5. The first kappa shape index (κ1) is 20.1. The van der Waals surface area contributed by atoms with E-state index in [1.807, 2.05) is 56.3 Å². The third-order valence-electron chi connectivity index (χ3n) is 5.95. The second kappa shape index (κ2) is 7.12. The normalized spacial score (nSPS) is 18.5. The van der Waals surface area contributed by atoms with Gasteiger partial charge in [0.25, 0.3) is 5.56 Å². The Hall–Kier alpha value is -3.81. The van der Waals surface area contributed by atoms with Crippen LogP contribution in [0.4, 0.5) is 16.2 Å². The highest BCUT2D eigenvalue weighted by Crippen LogP contribution is 2.39. The summed E-state index contributed by atoms with van der Waals surface area (Å²) in [6.07, 6.45) is -0.385. The van der Waals surface area contributed by atoms with Gasteiger partial charge in [0.05, 0.1) is 12.3 Å². The van der Waals surface area contributed by atoms with Crippen molar-refractivity contribution in [3.8, 4) is 11.1 Å². The first-order valence-electron chi connectivity index (χ1n) is 10.5. The van der Waals surface area contributed by atoms with Crippen LogP contribution in [-0.2, 0) is 14.3 Å². The molecule has 1 saturated heterocycles. The van der Waals surface area contributed by atoms with Gasteiger partial charge < -0.3 is 19.8 Å². The Kier molecular flexibility index (Phi) is 4.47. The first-order chi connectivity index (χ1) is 15.3. The number of pyridine rings is 1. The Labute approximate surface area is 184 Å². The van der Waals surface area contributed by atoms with E-state index in [2.05, 4.69) is 10.3 Å². The second-order valence-corrected chi connectivity index (χ2v) is 8.39. The minimum Gasteiger partial charge on any atom is -0.465 e. The van der Waals surface area contributed by atoms with E-state index in [4.69, 9.17) is 9.47 Å². The molecule has 5 rings (SSSR count). The monoisotopic (exact) mass is 433 g/mol. The zero-order valence-electron chi connectivity index (χ0n) is 18.0. The van der Waals surface area contributed by atoms with E-state index >= 15 is 0 Å². The highest BCUT2D eigenvalue weighted by Gasteiger charge is 2.47. The topological polar surface area (TPSA) is 101 Å². The summed E-state index contributed by atoms with van der Waals surface area (Å²) in [6.45, 7) is 6.03. The Morgan fingerprint density at radius 2 is 1.97 bits per heavy atom. The third kappa shape index (κ3) is 3.02. The molecule has 1 unspecified atom stereocenters. The zero-order valence-corrected chi connectivity index (χ0v) is 18.0. The van der Waals surface area contributed by atoms with Gasteiger partial charge in [-0.2, -0.15) is 0 Å². The number of hydrogen-bond donors (Lipinski definition) is 2. The lowest BCUT2D eigenvalue weighted by atomic mass is 9.94. The fourth-order valence-corrected chi connectivity index (χ4v) is 4.51. The lowest BCUT2D eigenvalue weighted by Gasteiger charge is -2.46. The molecular weight excluding hydrogens is 410 g/mol. The molecule has 164 valence electrons. The van der Waals surface area contributed by atoms with E-state index in [-0.39, 0.29) is 24.2 Å². The molecule has 1 amide bonds. The van der Waals surface area contributed by atoms with Crippen LogP contribution in [0, 0.1) is 0 Å². The molecule has 0 spiro atoms. The van der Waals surface area contributed by atoms with Gasteiger partial charge in [-0.15, -0.1) is 0 Å². The summed E-state index contributed by atoms with van der Waals surface area (Å²) in [4.78, 5) is 41.6. The Morgan fingerprint density at radius 3 is 2.69 bits per heavy atom. The van der Waals surface area contributed by atoms with Gasteiger partial charge in [-0.25, -0.2) is 9.69 Å². The number of fused-ring (bicyclic) bond motifs is 3. The summed E-state index contributed by atoms with van der Waals surface area (Å²) >= 11 is 0. The zero-order chi connectivity index (χ0) is 22.6. The number of rotatable bonds is 4. The minimum absolute atomic E-state index is 0.257. The molecule has 0 saturated carbocycles. The predicted molar refractivity (Wildman–Crippen MR) is 121 cm³/mol. The van der Waals surface area contributed by atoms with E-state index in [1.165, 1.54) is 0 Å². The lowest BCUT2D eigenvalue weighted by Crippen LogP contribution is -2.62. The summed E-state index contributed by atoms with van der Waals surface area (Å²) < 4.78 is 10.5. The average Bonchev–Trinajstić information content (AvgIpc) is 3.20. The molecule has 0 radical (unpaired) electrons. The molecule has 1 atom stereocenters. The molecule has 1 fully saturated rings. The molecule has 2 aliphatic rings. The number of anilines is 2. The number of aromatic nitrogens is 1. The number of aromatic amines is 1. The highest BCUT2D eigenvalue weighted by molar-refractivity contribution is 5.98. The number of nitrogens with one attached hydrogen (secondary N) is 2. The molecule has 1 aromatic heterocycles. The molecule has 8 heteroatoms. The van der Waals surface area contributed by atoms with Crippen LogP contribution in [0.15, 0.2) is 47.3 Å². The maximum Gasteiger partial charge on any atom is 0.419 e. The van der Waals surface area contributed by atoms with Crippen LogP contribution in [0.3, 0.4) is 0 Å². The summed E-state index contributed by atoms with van der Waals surface area (Å²) in [5.41, 5.74) is 3.30. The molecule has 3 aromatic rings. The van der Waals surface area contributed by atoms with Gasteiger partial charge in [-0.3, -0.25) is 9.59 Å². The third-order valence-corrected chi connectivity index (χ3v) is 5.95. The first-order valence-corrected chi connectivity index (χ1v) is 10.5. The van der Waals surface area contributed by atoms with Gasteiger partial charge >= 0.3 is 12.1 Å². The van der Waals surface area contributed by atoms with Gasteiger partial charge in [-0.05, 0) is 56.2 Å². The van der Waals surface area contributed by atoms with Crippen molar-refractivity contribution >= 4 is 34.3 Å². The quantitative estimate of drug-likeness (QED) is 0.604. The SMILES string of the molecule is CCOC(=O)C1CNc2c1c1cc(-c3cccc(N4C(=O)OC4(C)C)c3)ccc1[nH]c2=O. The number of hydrogen-bond acceptors (Lipinski definition) is 6. The van der Waals surface area contributed by atoms with Crippen molar-refractivity contribution in [1.82, 2.24) is 4.98 Å². The second-order valence-electron chi connectivity index (χ2n) is 8.39. The Bertz CT molecular complexity index is 1330. The standard InChI is InChI=1S/C24H23N3O5/c1-4-31-22(29)17-12-25-20-19(17)16-11-14(8-9-18(16)26-21(20)28)13-6-5-7-15(10-13)27-23(30)32-24(27,2)3/h5-11,17,25H,4,12H2,1-3H3,(H,26,28).